The summed E-state index contributed by atoms with van der Waals surface area (Å²) in [5.41, 5.74) is 0. The minimum absolute atomic E-state index is 0.0571. The van der Waals surface area contributed by atoms with E-state index in [1.165, 1.54) is 70.6 Å². The normalized spacial score (nSPS) is 12.0. The van der Waals surface area contributed by atoms with Gasteiger partial charge in [0.2, 0.25) is 0 Å². The highest BCUT2D eigenvalue weighted by atomic mass is 19.4. The van der Waals surface area contributed by atoms with E-state index in [1.54, 1.807) is 5.32 Å². The molecule has 0 aromatic heterocycles. The number of halogens is 3. The van der Waals surface area contributed by atoms with Crippen LogP contribution in [0.3, 0.4) is 0 Å². The lowest BCUT2D eigenvalue weighted by Gasteiger charge is -2.07. The molecule has 0 heterocycles. The standard InChI is InChI=1S/C17H34F3N/c1-2-3-4-5-6-7-8-9-10-11-12-13-14-15-16-21-17(18,19)20/h21H,2-16H2,1H3. The average Bonchev–Trinajstić information content (AvgIpc) is 2.42. The zero-order chi connectivity index (χ0) is 15.8. The molecule has 0 aliphatic carbocycles. The lowest BCUT2D eigenvalue weighted by molar-refractivity contribution is -0.156. The van der Waals surface area contributed by atoms with Crippen molar-refractivity contribution in [3.63, 3.8) is 0 Å². The third-order valence-corrected chi connectivity index (χ3v) is 3.86. The summed E-state index contributed by atoms with van der Waals surface area (Å²) >= 11 is 0. The lowest BCUT2D eigenvalue weighted by Crippen LogP contribution is -2.32. The Labute approximate surface area is 129 Å². The van der Waals surface area contributed by atoms with Crippen LogP contribution in [0, 0.1) is 0 Å². The monoisotopic (exact) mass is 309 g/mol. The Bertz CT molecular complexity index is 205. The summed E-state index contributed by atoms with van der Waals surface area (Å²) in [7, 11) is 0. The Morgan fingerprint density at radius 1 is 0.571 bits per heavy atom. The second kappa shape index (κ2) is 14.7. The maximum Gasteiger partial charge on any atom is 0.457 e. The van der Waals surface area contributed by atoms with Crippen LogP contribution in [0.15, 0.2) is 0 Å². The second-order valence-electron chi connectivity index (χ2n) is 6.02. The molecule has 0 saturated heterocycles. The van der Waals surface area contributed by atoms with Gasteiger partial charge in [0.05, 0.1) is 0 Å². The van der Waals surface area contributed by atoms with E-state index in [4.69, 9.17) is 0 Å². The number of hydrogen-bond acceptors (Lipinski definition) is 1. The van der Waals surface area contributed by atoms with Crippen LogP contribution in [-0.2, 0) is 0 Å². The molecule has 0 unspecified atom stereocenters. The molecule has 0 amide bonds. The topological polar surface area (TPSA) is 12.0 Å². The molecule has 21 heavy (non-hydrogen) atoms. The number of nitrogens with one attached hydrogen (secondary N) is 1. The third-order valence-electron chi connectivity index (χ3n) is 3.86. The van der Waals surface area contributed by atoms with Crippen LogP contribution in [0.25, 0.3) is 0 Å². The average molecular weight is 309 g/mol. The molecule has 0 aromatic rings. The lowest BCUT2D eigenvalue weighted by atomic mass is 10.0. The van der Waals surface area contributed by atoms with E-state index < -0.39 is 6.30 Å². The Morgan fingerprint density at radius 2 is 0.905 bits per heavy atom. The molecular weight excluding hydrogens is 275 g/mol. The molecule has 0 bridgehead atoms. The number of alkyl halides is 3. The zero-order valence-corrected chi connectivity index (χ0v) is 13.7. The summed E-state index contributed by atoms with van der Waals surface area (Å²) in [5, 5.41) is 1.57. The Morgan fingerprint density at radius 3 is 1.24 bits per heavy atom. The van der Waals surface area contributed by atoms with Crippen molar-refractivity contribution in [1.82, 2.24) is 5.32 Å². The summed E-state index contributed by atoms with van der Waals surface area (Å²) < 4.78 is 35.4. The van der Waals surface area contributed by atoms with Crippen LogP contribution in [0.4, 0.5) is 13.2 Å². The predicted octanol–water partition coefficient (Wildman–Crippen LogP) is 6.58. The van der Waals surface area contributed by atoms with E-state index in [0.29, 0.717) is 6.42 Å². The second-order valence-corrected chi connectivity index (χ2v) is 6.02. The van der Waals surface area contributed by atoms with E-state index >= 15 is 0 Å². The summed E-state index contributed by atoms with van der Waals surface area (Å²) in [6.07, 6.45) is 13.0. The fraction of sp³-hybridized carbons (Fsp3) is 1.00. The predicted molar refractivity (Wildman–Crippen MR) is 84.4 cm³/mol. The Balaban J connectivity index is 3.00. The molecule has 0 radical (unpaired) electrons. The summed E-state index contributed by atoms with van der Waals surface area (Å²) in [5.74, 6) is 0. The van der Waals surface area contributed by atoms with Gasteiger partial charge >= 0.3 is 6.30 Å². The molecule has 0 aromatic carbocycles. The van der Waals surface area contributed by atoms with Crippen LogP contribution in [0.5, 0.6) is 0 Å². The van der Waals surface area contributed by atoms with E-state index in [-0.39, 0.29) is 6.54 Å². The van der Waals surface area contributed by atoms with Gasteiger partial charge in [0, 0.05) is 6.54 Å². The molecule has 4 heteroatoms. The fourth-order valence-electron chi connectivity index (χ4n) is 2.55. The first-order valence-electron chi connectivity index (χ1n) is 8.88. The Hall–Kier alpha value is -0.250. The molecule has 0 aliphatic rings. The molecule has 1 N–H and O–H groups in total. The summed E-state index contributed by atoms with van der Waals surface area (Å²) in [6.45, 7) is 2.30. The van der Waals surface area contributed by atoms with Gasteiger partial charge in [0.15, 0.2) is 0 Å². The molecule has 0 rings (SSSR count). The molecule has 0 saturated carbocycles. The fourth-order valence-corrected chi connectivity index (χ4v) is 2.55. The minimum Gasteiger partial charge on any atom is -0.228 e. The highest BCUT2D eigenvalue weighted by molar-refractivity contribution is 4.52. The van der Waals surface area contributed by atoms with Gasteiger partial charge in [-0.15, -0.1) is 0 Å². The largest absolute Gasteiger partial charge is 0.457 e. The van der Waals surface area contributed by atoms with Crippen LogP contribution in [-0.4, -0.2) is 12.8 Å². The van der Waals surface area contributed by atoms with Gasteiger partial charge in [-0.1, -0.05) is 90.4 Å². The van der Waals surface area contributed by atoms with E-state index in [9.17, 15) is 13.2 Å². The smallest absolute Gasteiger partial charge is 0.228 e. The number of hydrogen-bond donors (Lipinski definition) is 1. The highest BCUT2D eigenvalue weighted by Crippen LogP contribution is 2.13. The first kappa shape index (κ1) is 20.8. The maximum atomic E-state index is 11.8. The molecule has 128 valence electrons. The Kier molecular flexibility index (Phi) is 14.5. The first-order chi connectivity index (χ1) is 10.1. The van der Waals surface area contributed by atoms with Crippen molar-refractivity contribution in [2.24, 2.45) is 0 Å². The molecule has 0 aliphatic heterocycles. The quantitative estimate of drug-likeness (QED) is 0.266. The highest BCUT2D eigenvalue weighted by Gasteiger charge is 2.25. The van der Waals surface area contributed by atoms with Gasteiger partial charge in [-0.3, -0.25) is 0 Å². The van der Waals surface area contributed by atoms with Crippen LogP contribution in [0.2, 0.25) is 0 Å². The van der Waals surface area contributed by atoms with Crippen molar-refractivity contribution in [1.29, 1.82) is 0 Å². The SMILES string of the molecule is CCCCCCCCCCCCCCCCNC(F)(F)F. The number of unbranched alkanes of at least 4 members (excludes halogenated alkanes) is 13. The van der Waals surface area contributed by atoms with Gasteiger partial charge in [0.25, 0.3) is 0 Å². The van der Waals surface area contributed by atoms with E-state index in [2.05, 4.69) is 6.92 Å². The van der Waals surface area contributed by atoms with Crippen LogP contribution < -0.4 is 5.32 Å². The van der Waals surface area contributed by atoms with Crippen LogP contribution in [0.1, 0.15) is 96.8 Å². The first-order valence-corrected chi connectivity index (χ1v) is 8.88. The summed E-state index contributed by atoms with van der Waals surface area (Å²) in [6, 6.07) is 0. The van der Waals surface area contributed by atoms with E-state index in [1.807, 2.05) is 0 Å². The summed E-state index contributed by atoms with van der Waals surface area (Å²) in [4.78, 5) is 0. The zero-order valence-electron chi connectivity index (χ0n) is 13.7. The van der Waals surface area contributed by atoms with E-state index in [0.717, 1.165) is 12.8 Å². The molecule has 0 fully saturated rings. The maximum absolute atomic E-state index is 11.8. The van der Waals surface area contributed by atoms with Gasteiger partial charge < -0.3 is 0 Å². The minimum atomic E-state index is -4.21. The van der Waals surface area contributed by atoms with Crippen molar-refractivity contribution in [3.05, 3.63) is 0 Å². The van der Waals surface area contributed by atoms with Crippen LogP contribution >= 0.6 is 0 Å². The molecule has 1 nitrogen and oxygen atoms in total. The molecule has 0 spiro atoms. The van der Waals surface area contributed by atoms with Gasteiger partial charge in [-0.05, 0) is 6.42 Å². The van der Waals surface area contributed by atoms with Gasteiger partial charge in [0.1, 0.15) is 0 Å². The van der Waals surface area contributed by atoms with Crippen molar-refractivity contribution in [2.45, 2.75) is 103 Å². The molecular formula is C17H34F3N. The van der Waals surface area contributed by atoms with Crippen molar-refractivity contribution in [3.8, 4) is 0 Å². The van der Waals surface area contributed by atoms with Gasteiger partial charge in [-0.25, -0.2) is 5.32 Å². The number of rotatable bonds is 15. The van der Waals surface area contributed by atoms with Crippen molar-refractivity contribution < 1.29 is 13.2 Å². The third kappa shape index (κ3) is 19.8. The van der Waals surface area contributed by atoms with Crippen molar-refractivity contribution in [2.75, 3.05) is 6.54 Å². The van der Waals surface area contributed by atoms with Crippen molar-refractivity contribution >= 4 is 0 Å². The molecule has 0 atom stereocenters. The van der Waals surface area contributed by atoms with Gasteiger partial charge in [-0.2, -0.15) is 13.2 Å².